The van der Waals surface area contributed by atoms with Gasteiger partial charge in [0.05, 0.1) is 36.7 Å². The van der Waals surface area contributed by atoms with Crippen LogP contribution in [0.25, 0.3) is 34.5 Å². The second-order valence-electron chi connectivity index (χ2n) is 12.6. The van der Waals surface area contributed by atoms with E-state index in [2.05, 4.69) is 20.3 Å². The molecule has 0 bridgehead atoms. The molecule has 0 fully saturated rings. The molecule has 250 valence electrons. The van der Waals surface area contributed by atoms with E-state index >= 15 is 0 Å². The molecule has 0 radical (unpaired) electrons. The number of thiazole rings is 1. The third kappa shape index (κ3) is 5.07. The number of nitrogens with one attached hydrogen (secondary N) is 1. The zero-order chi connectivity index (χ0) is 34.7. The maximum Gasteiger partial charge on any atom is 0.245 e. The SMILES string of the molecule is CCOc1cc(-c2csc(NC(=O)CN3CN(C4(C)C(=O)C(C)C=c5c4ccc4c5=CC(=O)c5ccccc5-4)c4ncncc43)n2)ccc1Cl. The number of carbonyl (C=O) groups is 3. The Kier molecular flexibility index (Phi) is 7.76. The molecule has 0 saturated carbocycles. The zero-order valence-electron chi connectivity index (χ0n) is 27.4. The molecule has 8 rings (SSSR count). The molecule has 3 aliphatic rings. The molecule has 2 unspecified atom stereocenters. The summed E-state index contributed by atoms with van der Waals surface area (Å²) in [6.45, 7) is 6.35. The fraction of sp³-hybridized carbons (Fsp3) is 0.211. The molecule has 5 aromatic rings. The normalized spacial score (nSPS) is 18.8. The van der Waals surface area contributed by atoms with E-state index in [-0.39, 0.29) is 30.7 Å². The Hall–Kier alpha value is -5.39. The van der Waals surface area contributed by atoms with Gasteiger partial charge in [0.15, 0.2) is 22.5 Å². The van der Waals surface area contributed by atoms with Crippen LogP contribution in [0.15, 0.2) is 72.5 Å². The lowest BCUT2D eigenvalue weighted by Gasteiger charge is -2.42. The van der Waals surface area contributed by atoms with E-state index in [4.69, 9.17) is 16.3 Å². The van der Waals surface area contributed by atoms with E-state index in [9.17, 15) is 14.4 Å². The van der Waals surface area contributed by atoms with Crippen molar-refractivity contribution < 1.29 is 19.1 Å². The summed E-state index contributed by atoms with van der Waals surface area (Å²) in [6, 6.07) is 17.0. The number of hydrogen-bond donors (Lipinski definition) is 1. The summed E-state index contributed by atoms with van der Waals surface area (Å²) in [5, 5.41) is 7.42. The number of Topliss-reactive ketones (excluding diaryl/α,β-unsaturated/α-hetero) is 2. The third-order valence-corrected chi connectivity index (χ3v) is 10.7. The van der Waals surface area contributed by atoms with Crippen molar-refractivity contribution >= 4 is 69.2 Å². The highest BCUT2D eigenvalue weighted by molar-refractivity contribution is 7.14. The zero-order valence-corrected chi connectivity index (χ0v) is 29.0. The van der Waals surface area contributed by atoms with Gasteiger partial charge in [0.2, 0.25) is 5.91 Å². The molecule has 2 atom stereocenters. The lowest BCUT2D eigenvalue weighted by Crippen LogP contribution is -2.59. The van der Waals surface area contributed by atoms with Crippen molar-refractivity contribution in [3.63, 3.8) is 0 Å². The van der Waals surface area contributed by atoms with E-state index in [0.29, 0.717) is 45.3 Å². The number of anilines is 3. The third-order valence-electron chi connectivity index (χ3n) is 9.61. The molecular weight excluding hydrogens is 672 g/mol. The highest BCUT2D eigenvalue weighted by Crippen LogP contribution is 2.44. The van der Waals surface area contributed by atoms with Crippen LogP contribution in [0.4, 0.5) is 16.6 Å². The fourth-order valence-corrected chi connectivity index (χ4v) is 8.13. The molecular formula is C38H31ClN6O4S. The predicted octanol–water partition coefficient (Wildman–Crippen LogP) is 5.43. The summed E-state index contributed by atoms with van der Waals surface area (Å²) in [5.41, 5.74) is 4.28. The first kappa shape index (κ1) is 31.9. The number of hydrogen-bond acceptors (Lipinski definition) is 10. The molecule has 1 N–H and O–H groups in total. The number of ketones is 2. The Morgan fingerprint density at radius 3 is 2.74 bits per heavy atom. The Morgan fingerprint density at radius 1 is 1.10 bits per heavy atom. The van der Waals surface area contributed by atoms with Crippen molar-refractivity contribution in [2.45, 2.75) is 26.3 Å². The Morgan fingerprint density at radius 2 is 1.92 bits per heavy atom. The molecule has 50 heavy (non-hydrogen) atoms. The molecule has 2 aromatic heterocycles. The number of fused-ring (bicyclic) bond motifs is 6. The van der Waals surface area contributed by atoms with Crippen LogP contribution in [0, 0.1) is 5.92 Å². The van der Waals surface area contributed by atoms with Gasteiger partial charge in [-0.2, -0.15) is 0 Å². The van der Waals surface area contributed by atoms with Gasteiger partial charge >= 0.3 is 0 Å². The van der Waals surface area contributed by atoms with Crippen molar-refractivity contribution in [2.75, 3.05) is 34.9 Å². The quantitative estimate of drug-likeness (QED) is 0.237. The lowest BCUT2D eigenvalue weighted by molar-refractivity contribution is -0.126. The van der Waals surface area contributed by atoms with Crippen molar-refractivity contribution in [1.29, 1.82) is 0 Å². The largest absolute Gasteiger partial charge is 0.492 e. The van der Waals surface area contributed by atoms with Gasteiger partial charge in [-0.3, -0.25) is 14.4 Å². The molecule has 3 aromatic carbocycles. The molecule has 2 aliphatic carbocycles. The number of rotatable bonds is 7. The first-order valence-corrected chi connectivity index (χ1v) is 17.5. The van der Waals surface area contributed by atoms with E-state index in [1.807, 2.05) is 90.6 Å². The van der Waals surface area contributed by atoms with Gasteiger partial charge in [0.25, 0.3) is 0 Å². The Labute approximate surface area is 296 Å². The van der Waals surface area contributed by atoms with Gasteiger partial charge in [-0.25, -0.2) is 15.0 Å². The first-order valence-electron chi connectivity index (χ1n) is 16.2. The Balaban J connectivity index is 1.09. The number of ether oxygens (including phenoxy) is 1. The van der Waals surface area contributed by atoms with Crippen molar-refractivity contribution in [1.82, 2.24) is 15.0 Å². The van der Waals surface area contributed by atoms with Crippen LogP contribution in [0.2, 0.25) is 5.02 Å². The lowest BCUT2D eigenvalue weighted by atomic mass is 9.73. The fourth-order valence-electron chi connectivity index (χ4n) is 7.23. The summed E-state index contributed by atoms with van der Waals surface area (Å²) < 4.78 is 5.62. The number of halogens is 1. The van der Waals surface area contributed by atoms with Crippen molar-refractivity contribution in [3.05, 3.63) is 99.1 Å². The topological polar surface area (TPSA) is 118 Å². The number of amides is 1. The monoisotopic (exact) mass is 702 g/mol. The summed E-state index contributed by atoms with van der Waals surface area (Å²) in [6.07, 6.45) is 6.75. The number of carbonyl (C=O) groups excluding carboxylic acids is 3. The second-order valence-corrected chi connectivity index (χ2v) is 13.9. The second kappa shape index (κ2) is 12.2. The number of benzene rings is 3. The molecule has 1 amide bonds. The minimum Gasteiger partial charge on any atom is -0.492 e. The predicted molar refractivity (Wildman–Crippen MR) is 195 cm³/mol. The standard InChI is InChI=1S/C38H31ClN6O4S/c1-4-49-33-14-22(9-12-29(33)39)30-18-50-37(42-30)43-34(47)17-44-20-45(36-31(44)16-40-19-41-36)38(3)28-11-10-24-23-7-5-6-8-25(23)32(46)15-26(24)27(28)13-21(2)35(38)48/h5-16,18-19,21H,4,17,20H2,1-3H3,(H,42,43,47). The minimum atomic E-state index is -1.15. The van der Waals surface area contributed by atoms with Crippen LogP contribution in [0.3, 0.4) is 0 Å². The number of nitrogens with zero attached hydrogens (tertiary/aromatic N) is 5. The first-order chi connectivity index (χ1) is 24.2. The van der Waals surface area contributed by atoms with Gasteiger partial charge in [0.1, 0.15) is 23.3 Å². The van der Waals surface area contributed by atoms with E-state index in [1.54, 1.807) is 18.3 Å². The van der Waals surface area contributed by atoms with Crippen LogP contribution in [0.1, 0.15) is 36.7 Å². The van der Waals surface area contributed by atoms with Crippen LogP contribution < -0.4 is 30.3 Å². The molecule has 1 aliphatic heterocycles. The summed E-state index contributed by atoms with van der Waals surface area (Å²) in [4.78, 5) is 58.3. The molecule has 3 heterocycles. The van der Waals surface area contributed by atoms with E-state index in [1.165, 1.54) is 17.7 Å². The van der Waals surface area contributed by atoms with Gasteiger partial charge in [-0.05, 0) is 59.2 Å². The van der Waals surface area contributed by atoms with Crippen LogP contribution in [0.5, 0.6) is 5.75 Å². The van der Waals surface area contributed by atoms with E-state index in [0.717, 1.165) is 32.7 Å². The highest BCUT2D eigenvalue weighted by atomic mass is 35.5. The molecule has 10 nitrogen and oxygen atoms in total. The van der Waals surface area contributed by atoms with Gasteiger partial charge in [-0.1, -0.05) is 67.1 Å². The van der Waals surface area contributed by atoms with Gasteiger partial charge < -0.3 is 19.9 Å². The van der Waals surface area contributed by atoms with Crippen molar-refractivity contribution in [2.24, 2.45) is 5.92 Å². The maximum absolute atomic E-state index is 14.3. The summed E-state index contributed by atoms with van der Waals surface area (Å²) >= 11 is 7.58. The number of aromatic nitrogens is 3. The average molecular weight is 703 g/mol. The summed E-state index contributed by atoms with van der Waals surface area (Å²) in [5.74, 6) is 0.336. The average Bonchev–Trinajstić information content (AvgIpc) is 3.73. The Bertz CT molecular complexity index is 2380. The maximum atomic E-state index is 14.3. The molecule has 0 saturated heterocycles. The molecule has 0 spiro atoms. The summed E-state index contributed by atoms with van der Waals surface area (Å²) in [7, 11) is 0. The minimum absolute atomic E-state index is 0.00615. The van der Waals surface area contributed by atoms with Crippen molar-refractivity contribution in [3.8, 4) is 28.1 Å². The van der Waals surface area contributed by atoms with Crippen LogP contribution >= 0.6 is 22.9 Å². The van der Waals surface area contributed by atoms with Crippen LogP contribution in [-0.4, -0.2) is 52.2 Å². The van der Waals surface area contributed by atoms with Gasteiger partial charge in [-0.15, -0.1) is 11.3 Å². The smallest absolute Gasteiger partial charge is 0.245 e. The molecule has 12 heteroatoms. The highest BCUT2D eigenvalue weighted by Gasteiger charge is 2.50. The van der Waals surface area contributed by atoms with Crippen LogP contribution in [-0.2, 0) is 15.1 Å². The van der Waals surface area contributed by atoms with Gasteiger partial charge in [0, 0.05) is 22.4 Å². The van der Waals surface area contributed by atoms with E-state index < -0.39 is 11.5 Å².